The van der Waals surface area contributed by atoms with Gasteiger partial charge in [0, 0.05) is 17.2 Å². The fraction of sp³-hybridized carbons (Fsp3) is 0.211. The summed E-state index contributed by atoms with van der Waals surface area (Å²) < 4.78 is 5.93. The van der Waals surface area contributed by atoms with Gasteiger partial charge < -0.3 is 10.1 Å². The topological polar surface area (TPSA) is 38.3 Å². The zero-order valence-electron chi connectivity index (χ0n) is 13.0. The van der Waals surface area contributed by atoms with E-state index in [-0.39, 0.29) is 5.78 Å². The van der Waals surface area contributed by atoms with Crippen molar-refractivity contribution >= 4 is 11.5 Å². The fourth-order valence-corrected chi connectivity index (χ4v) is 2.57. The van der Waals surface area contributed by atoms with Gasteiger partial charge in [-0.25, -0.2) is 0 Å². The normalized spacial score (nSPS) is 17.3. The van der Waals surface area contributed by atoms with Crippen LogP contribution in [0.3, 0.4) is 0 Å². The van der Waals surface area contributed by atoms with E-state index in [9.17, 15) is 4.79 Å². The average molecular weight is 293 g/mol. The van der Waals surface area contributed by atoms with Crippen LogP contribution in [0.25, 0.3) is 5.70 Å². The monoisotopic (exact) mass is 293 g/mol. The van der Waals surface area contributed by atoms with Gasteiger partial charge in [-0.05, 0) is 32.9 Å². The van der Waals surface area contributed by atoms with Crippen LogP contribution in [-0.2, 0) is 0 Å². The van der Waals surface area contributed by atoms with Crippen LogP contribution in [-0.4, -0.2) is 11.5 Å². The first-order chi connectivity index (χ1) is 10.4. The summed E-state index contributed by atoms with van der Waals surface area (Å²) in [5.41, 5.74) is 2.97. The molecule has 2 aromatic rings. The molecule has 22 heavy (non-hydrogen) atoms. The number of aryl methyl sites for hydroxylation is 1. The molecule has 0 unspecified atom stereocenters. The first-order valence-electron chi connectivity index (χ1n) is 7.34. The van der Waals surface area contributed by atoms with Crippen LogP contribution in [0.15, 0.2) is 54.6 Å². The summed E-state index contributed by atoms with van der Waals surface area (Å²) in [6.45, 7) is 5.91. The molecule has 3 heteroatoms. The SMILES string of the molecule is Cc1ccc2c(c1)/C(=C/C(=O)c1ccccc1)NC(C)(C)O2. The van der Waals surface area contributed by atoms with Crippen molar-refractivity contribution in [2.45, 2.75) is 26.5 Å². The first-order valence-corrected chi connectivity index (χ1v) is 7.34. The number of allylic oxidation sites excluding steroid dienone is 1. The number of ether oxygens (including phenoxy) is 1. The van der Waals surface area contributed by atoms with Crippen LogP contribution in [0.5, 0.6) is 5.75 Å². The highest BCUT2D eigenvalue weighted by atomic mass is 16.5. The molecule has 0 fully saturated rings. The summed E-state index contributed by atoms with van der Waals surface area (Å²) in [6, 6.07) is 15.3. The first kappa shape index (κ1) is 14.4. The molecule has 1 aliphatic rings. The maximum atomic E-state index is 12.5. The van der Waals surface area contributed by atoms with Crippen molar-refractivity contribution in [2.24, 2.45) is 0 Å². The summed E-state index contributed by atoms with van der Waals surface area (Å²) >= 11 is 0. The van der Waals surface area contributed by atoms with Gasteiger partial charge in [-0.1, -0.05) is 42.0 Å². The van der Waals surface area contributed by atoms with Crippen molar-refractivity contribution in [3.05, 3.63) is 71.3 Å². The van der Waals surface area contributed by atoms with Crippen molar-refractivity contribution < 1.29 is 9.53 Å². The van der Waals surface area contributed by atoms with E-state index in [0.717, 1.165) is 22.6 Å². The summed E-state index contributed by atoms with van der Waals surface area (Å²) in [6.07, 6.45) is 1.65. The van der Waals surface area contributed by atoms with E-state index in [1.165, 1.54) is 0 Å². The van der Waals surface area contributed by atoms with E-state index in [1.807, 2.05) is 69.3 Å². The Kier molecular flexibility index (Phi) is 3.49. The molecule has 3 rings (SSSR count). The van der Waals surface area contributed by atoms with E-state index in [4.69, 9.17) is 4.74 Å². The number of hydrogen-bond acceptors (Lipinski definition) is 3. The van der Waals surface area contributed by atoms with Crippen LogP contribution >= 0.6 is 0 Å². The van der Waals surface area contributed by atoms with Crippen LogP contribution in [0.1, 0.15) is 35.3 Å². The van der Waals surface area contributed by atoms with E-state index in [2.05, 4.69) is 5.32 Å². The summed E-state index contributed by atoms with van der Waals surface area (Å²) in [5.74, 6) is 0.773. The molecule has 0 saturated carbocycles. The van der Waals surface area contributed by atoms with Crippen molar-refractivity contribution in [3.8, 4) is 5.75 Å². The van der Waals surface area contributed by atoms with Crippen LogP contribution < -0.4 is 10.1 Å². The number of ketones is 1. The predicted molar refractivity (Wildman–Crippen MR) is 87.8 cm³/mol. The molecule has 0 radical (unpaired) electrons. The molecule has 1 aliphatic heterocycles. The number of benzene rings is 2. The second-order valence-corrected chi connectivity index (χ2v) is 6.03. The van der Waals surface area contributed by atoms with Gasteiger partial charge in [-0.2, -0.15) is 0 Å². The minimum Gasteiger partial charge on any atom is -0.468 e. The quantitative estimate of drug-likeness (QED) is 0.673. The summed E-state index contributed by atoms with van der Waals surface area (Å²) in [4.78, 5) is 12.5. The zero-order chi connectivity index (χ0) is 15.7. The second kappa shape index (κ2) is 5.34. The molecule has 0 aromatic heterocycles. The van der Waals surface area contributed by atoms with Crippen molar-refractivity contribution in [3.63, 3.8) is 0 Å². The molecule has 0 atom stereocenters. The largest absolute Gasteiger partial charge is 0.468 e. The van der Waals surface area contributed by atoms with Gasteiger partial charge in [0.05, 0.1) is 5.70 Å². The molecular weight excluding hydrogens is 274 g/mol. The Morgan fingerprint density at radius 3 is 2.59 bits per heavy atom. The highest BCUT2D eigenvalue weighted by molar-refractivity contribution is 6.08. The Labute approximate surface area is 130 Å². The van der Waals surface area contributed by atoms with Gasteiger partial charge in [0.15, 0.2) is 11.5 Å². The lowest BCUT2D eigenvalue weighted by Gasteiger charge is -2.36. The minimum atomic E-state index is -0.551. The molecule has 0 aliphatic carbocycles. The van der Waals surface area contributed by atoms with E-state index in [0.29, 0.717) is 5.56 Å². The standard InChI is InChI=1S/C19H19NO2/c1-13-9-10-18-15(11-13)16(20-19(2,3)22-18)12-17(21)14-7-5-4-6-8-14/h4-12,20H,1-3H3/b16-12-. The van der Waals surface area contributed by atoms with Crippen molar-refractivity contribution in [1.29, 1.82) is 0 Å². The average Bonchev–Trinajstić information content (AvgIpc) is 2.48. The molecule has 1 N–H and O–H groups in total. The van der Waals surface area contributed by atoms with Gasteiger partial charge in [-0.15, -0.1) is 0 Å². The predicted octanol–water partition coefficient (Wildman–Crippen LogP) is 3.94. The third-order valence-electron chi connectivity index (χ3n) is 3.56. The maximum Gasteiger partial charge on any atom is 0.187 e. The van der Waals surface area contributed by atoms with Gasteiger partial charge in [0.25, 0.3) is 0 Å². The third-order valence-corrected chi connectivity index (χ3v) is 3.56. The number of rotatable bonds is 2. The lowest BCUT2D eigenvalue weighted by atomic mass is 10.0. The van der Waals surface area contributed by atoms with Crippen LogP contribution in [0.4, 0.5) is 0 Å². The Balaban J connectivity index is 2.05. The second-order valence-electron chi connectivity index (χ2n) is 6.03. The number of fused-ring (bicyclic) bond motifs is 1. The highest BCUT2D eigenvalue weighted by Crippen LogP contribution is 2.34. The zero-order valence-corrected chi connectivity index (χ0v) is 13.0. The van der Waals surface area contributed by atoms with E-state index in [1.54, 1.807) is 6.08 Å². The van der Waals surface area contributed by atoms with Crippen LogP contribution in [0.2, 0.25) is 0 Å². The number of nitrogens with one attached hydrogen (secondary N) is 1. The molecule has 112 valence electrons. The molecule has 2 aromatic carbocycles. The highest BCUT2D eigenvalue weighted by Gasteiger charge is 2.29. The molecule has 0 bridgehead atoms. The molecule has 0 amide bonds. The van der Waals surface area contributed by atoms with E-state index >= 15 is 0 Å². The van der Waals surface area contributed by atoms with E-state index < -0.39 is 5.72 Å². The van der Waals surface area contributed by atoms with Gasteiger partial charge in [0.1, 0.15) is 5.75 Å². The summed E-state index contributed by atoms with van der Waals surface area (Å²) in [5, 5.41) is 3.29. The Morgan fingerprint density at radius 2 is 1.86 bits per heavy atom. The molecule has 1 heterocycles. The molecule has 3 nitrogen and oxygen atoms in total. The maximum absolute atomic E-state index is 12.5. The number of hydrogen-bond donors (Lipinski definition) is 1. The molecular formula is C19H19NO2. The molecule has 0 saturated heterocycles. The van der Waals surface area contributed by atoms with Gasteiger partial charge in [0.2, 0.25) is 0 Å². The minimum absolute atomic E-state index is 0.0201. The Morgan fingerprint density at radius 1 is 1.14 bits per heavy atom. The van der Waals surface area contributed by atoms with Crippen molar-refractivity contribution in [2.75, 3.05) is 0 Å². The smallest absolute Gasteiger partial charge is 0.187 e. The summed E-state index contributed by atoms with van der Waals surface area (Å²) in [7, 11) is 0. The van der Waals surface area contributed by atoms with Gasteiger partial charge >= 0.3 is 0 Å². The third kappa shape index (κ3) is 2.89. The fourth-order valence-electron chi connectivity index (χ4n) is 2.57. The van der Waals surface area contributed by atoms with Gasteiger partial charge in [-0.3, -0.25) is 4.79 Å². The Bertz CT molecular complexity index is 745. The number of carbonyl (C=O) groups is 1. The molecule has 0 spiro atoms. The lowest BCUT2D eigenvalue weighted by Crippen LogP contribution is -2.46. The number of carbonyl (C=O) groups excluding carboxylic acids is 1. The lowest BCUT2D eigenvalue weighted by molar-refractivity contribution is 0.0816. The Hall–Kier alpha value is -2.55. The van der Waals surface area contributed by atoms with Crippen molar-refractivity contribution in [1.82, 2.24) is 5.32 Å². The van der Waals surface area contributed by atoms with Crippen LogP contribution in [0, 0.1) is 6.92 Å².